The molecule has 140 valence electrons. The molecule has 3 aromatic heterocycles. The summed E-state index contributed by atoms with van der Waals surface area (Å²) in [6.45, 7) is 0. The summed E-state index contributed by atoms with van der Waals surface area (Å²) in [5.41, 5.74) is 0.0145. The van der Waals surface area contributed by atoms with Crippen molar-refractivity contribution >= 4 is 23.1 Å². The third-order valence-electron chi connectivity index (χ3n) is 4.44. The van der Waals surface area contributed by atoms with Crippen LogP contribution in [0, 0.1) is 21.7 Å². The highest BCUT2D eigenvalue weighted by Gasteiger charge is 2.27. The van der Waals surface area contributed by atoms with Gasteiger partial charge in [0.2, 0.25) is 5.95 Å². The number of rotatable bonds is 5. The van der Waals surface area contributed by atoms with Gasteiger partial charge in [0, 0.05) is 24.3 Å². The maximum atomic E-state index is 14.0. The minimum Gasteiger partial charge on any atom is -0.365 e. The highest BCUT2D eigenvalue weighted by Crippen LogP contribution is 2.26. The standard InChI is InChI=1S/C16H15F2N7O2/c17-9-3-4-24-14(5-9)22-16(23-24)21-11-2-1-10(6-11)20-15-13(18)7-12(8-19-15)25(26)27/h3-5,7-8,10-11H,1-2,6H2,(H,19,20)(H,21,23)/t10-,11-/m0/s1. The Hall–Kier alpha value is -3.37. The van der Waals surface area contributed by atoms with E-state index in [1.54, 1.807) is 0 Å². The Morgan fingerprint density at radius 1 is 1.22 bits per heavy atom. The SMILES string of the molecule is O=[N+]([O-])c1cnc(N[C@H]2CC[C@H](Nc3nc4cc(F)ccn4n3)C2)c(F)c1. The summed E-state index contributed by atoms with van der Waals surface area (Å²) in [6, 6.07) is 3.46. The molecule has 0 aromatic carbocycles. The molecule has 2 N–H and O–H groups in total. The Bertz CT molecular complexity index is 1010. The normalized spacial score (nSPS) is 19.3. The lowest BCUT2D eigenvalue weighted by atomic mass is 10.2. The molecule has 2 atom stereocenters. The maximum Gasteiger partial charge on any atom is 0.290 e. The molecule has 0 saturated heterocycles. The van der Waals surface area contributed by atoms with Crippen molar-refractivity contribution in [2.75, 3.05) is 10.6 Å². The zero-order valence-electron chi connectivity index (χ0n) is 14.0. The Morgan fingerprint density at radius 3 is 2.74 bits per heavy atom. The van der Waals surface area contributed by atoms with Crippen LogP contribution in [0.15, 0.2) is 30.6 Å². The second-order valence-electron chi connectivity index (χ2n) is 6.36. The molecule has 0 spiro atoms. The Balaban J connectivity index is 1.39. The van der Waals surface area contributed by atoms with E-state index in [1.165, 1.54) is 22.8 Å². The van der Waals surface area contributed by atoms with Crippen molar-refractivity contribution in [2.24, 2.45) is 0 Å². The molecule has 1 aliphatic carbocycles. The molecule has 3 heterocycles. The first-order valence-electron chi connectivity index (χ1n) is 8.33. The smallest absolute Gasteiger partial charge is 0.290 e. The molecule has 0 unspecified atom stereocenters. The van der Waals surface area contributed by atoms with E-state index < -0.39 is 16.4 Å². The monoisotopic (exact) mass is 375 g/mol. The van der Waals surface area contributed by atoms with Crippen molar-refractivity contribution in [1.29, 1.82) is 0 Å². The van der Waals surface area contributed by atoms with Crippen molar-refractivity contribution in [3.05, 3.63) is 52.3 Å². The largest absolute Gasteiger partial charge is 0.365 e. The molecule has 0 aliphatic heterocycles. The molecule has 3 aromatic rings. The van der Waals surface area contributed by atoms with E-state index in [1.807, 2.05) is 0 Å². The zero-order chi connectivity index (χ0) is 19.0. The van der Waals surface area contributed by atoms with Gasteiger partial charge in [-0.15, -0.1) is 5.10 Å². The second-order valence-corrected chi connectivity index (χ2v) is 6.36. The van der Waals surface area contributed by atoms with E-state index in [0.717, 1.165) is 25.1 Å². The highest BCUT2D eigenvalue weighted by atomic mass is 19.1. The van der Waals surface area contributed by atoms with Crippen LogP contribution in [-0.4, -0.2) is 36.6 Å². The lowest BCUT2D eigenvalue weighted by molar-refractivity contribution is -0.385. The van der Waals surface area contributed by atoms with Crippen LogP contribution >= 0.6 is 0 Å². The van der Waals surface area contributed by atoms with Gasteiger partial charge in [0.25, 0.3) is 5.69 Å². The fourth-order valence-electron chi connectivity index (χ4n) is 3.17. The van der Waals surface area contributed by atoms with Crippen LogP contribution in [0.3, 0.4) is 0 Å². The van der Waals surface area contributed by atoms with E-state index in [0.29, 0.717) is 18.0 Å². The average molecular weight is 375 g/mol. The number of nitrogens with one attached hydrogen (secondary N) is 2. The van der Waals surface area contributed by atoms with Gasteiger partial charge in [0.05, 0.1) is 11.0 Å². The zero-order valence-corrected chi connectivity index (χ0v) is 14.0. The predicted octanol–water partition coefficient (Wildman–Crippen LogP) is 2.76. The summed E-state index contributed by atoms with van der Waals surface area (Å²) < 4.78 is 28.7. The van der Waals surface area contributed by atoms with E-state index in [-0.39, 0.29) is 23.7 Å². The van der Waals surface area contributed by atoms with Crippen molar-refractivity contribution < 1.29 is 13.7 Å². The third-order valence-corrected chi connectivity index (χ3v) is 4.44. The molecule has 27 heavy (non-hydrogen) atoms. The highest BCUT2D eigenvalue weighted by molar-refractivity contribution is 5.45. The van der Waals surface area contributed by atoms with Crippen LogP contribution in [0.5, 0.6) is 0 Å². The number of halogens is 2. The Kier molecular flexibility index (Phi) is 4.26. The van der Waals surface area contributed by atoms with Crippen LogP contribution in [0.2, 0.25) is 0 Å². The van der Waals surface area contributed by atoms with Crippen LogP contribution < -0.4 is 10.6 Å². The number of fused-ring (bicyclic) bond motifs is 1. The number of aromatic nitrogens is 4. The predicted molar refractivity (Wildman–Crippen MR) is 92.5 cm³/mol. The first-order valence-corrected chi connectivity index (χ1v) is 8.33. The molecule has 0 bridgehead atoms. The fraction of sp³-hybridized carbons (Fsp3) is 0.312. The Labute approximate surface area is 151 Å². The topological polar surface area (TPSA) is 110 Å². The molecule has 9 nitrogen and oxygen atoms in total. The van der Waals surface area contributed by atoms with Crippen LogP contribution in [-0.2, 0) is 0 Å². The van der Waals surface area contributed by atoms with Gasteiger partial charge in [0.15, 0.2) is 17.3 Å². The van der Waals surface area contributed by atoms with E-state index >= 15 is 0 Å². The fourth-order valence-corrected chi connectivity index (χ4v) is 3.17. The summed E-state index contributed by atoms with van der Waals surface area (Å²) in [5.74, 6) is -0.757. The van der Waals surface area contributed by atoms with Crippen molar-refractivity contribution in [3.8, 4) is 0 Å². The van der Waals surface area contributed by atoms with Gasteiger partial charge >= 0.3 is 0 Å². The van der Waals surface area contributed by atoms with Gasteiger partial charge in [-0.05, 0) is 25.3 Å². The minimum atomic E-state index is -0.760. The van der Waals surface area contributed by atoms with Gasteiger partial charge in [0.1, 0.15) is 12.0 Å². The molecular weight excluding hydrogens is 360 g/mol. The lowest BCUT2D eigenvalue weighted by Gasteiger charge is -2.14. The number of nitro groups is 1. The van der Waals surface area contributed by atoms with E-state index in [2.05, 4.69) is 25.7 Å². The summed E-state index contributed by atoms with van der Waals surface area (Å²) in [5, 5.41) is 21.1. The Morgan fingerprint density at radius 2 is 2.00 bits per heavy atom. The van der Waals surface area contributed by atoms with Crippen molar-refractivity contribution in [3.63, 3.8) is 0 Å². The quantitative estimate of drug-likeness (QED) is 0.521. The first-order chi connectivity index (χ1) is 13.0. The molecule has 1 aliphatic rings. The van der Waals surface area contributed by atoms with E-state index in [9.17, 15) is 18.9 Å². The van der Waals surface area contributed by atoms with Gasteiger partial charge in [-0.25, -0.2) is 18.3 Å². The summed E-state index contributed by atoms with van der Waals surface area (Å²) in [7, 11) is 0. The molecular formula is C16H15F2N7O2. The molecule has 0 radical (unpaired) electrons. The lowest BCUT2D eigenvalue weighted by Crippen LogP contribution is -2.22. The van der Waals surface area contributed by atoms with Crippen LogP contribution in [0.1, 0.15) is 19.3 Å². The van der Waals surface area contributed by atoms with Crippen molar-refractivity contribution in [1.82, 2.24) is 19.6 Å². The molecule has 11 heteroatoms. The summed E-state index contributed by atoms with van der Waals surface area (Å²) in [4.78, 5) is 18.0. The number of pyridine rings is 2. The van der Waals surface area contributed by atoms with Gasteiger partial charge in [-0.2, -0.15) is 4.98 Å². The number of hydrogen-bond acceptors (Lipinski definition) is 7. The molecule has 0 amide bonds. The number of hydrogen-bond donors (Lipinski definition) is 2. The second kappa shape index (κ2) is 6.74. The maximum absolute atomic E-state index is 14.0. The summed E-state index contributed by atoms with van der Waals surface area (Å²) in [6.07, 6.45) is 4.75. The van der Waals surface area contributed by atoms with E-state index in [4.69, 9.17) is 0 Å². The molecule has 1 saturated carbocycles. The molecule has 4 rings (SSSR count). The van der Waals surface area contributed by atoms with Crippen LogP contribution in [0.25, 0.3) is 5.65 Å². The van der Waals surface area contributed by atoms with Crippen molar-refractivity contribution in [2.45, 2.75) is 31.3 Å². The summed E-state index contributed by atoms with van der Waals surface area (Å²) >= 11 is 0. The first kappa shape index (κ1) is 17.1. The van der Waals surface area contributed by atoms with Gasteiger partial charge < -0.3 is 10.6 Å². The molecule has 1 fully saturated rings. The van der Waals surface area contributed by atoms with Gasteiger partial charge in [-0.3, -0.25) is 10.1 Å². The van der Waals surface area contributed by atoms with Gasteiger partial charge in [-0.1, -0.05) is 0 Å². The number of nitrogens with zero attached hydrogens (tertiary/aromatic N) is 5. The third kappa shape index (κ3) is 3.61. The van der Waals surface area contributed by atoms with Crippen LogP contribution in [0.4, 0.5) is 26.2 Å². The number of anilines is 2. The average Bonchev–Trinajstić information content (AvgIpc) is 3.22. The minimum absolute atomic E-state index is 0.00687.